The molecule has 2 rings (SSSR count). The summed E-state index contributed by atoms with van der Waals surface area (Å²) in [5, 5.41) is 9.76. The second-order valence-corrected chi connectivity index (χ2v) is 3.40. The van der Waals surface area contributed by atoms with Crippen molar-refractivity contribution >= 4 is 16.9 Å². The molecule has 0 fully saturated rings. The van der Waals surface area contributed by atoms with Crippen molar-refractivity contribution < 1.29 is 47.2 Å². The van der Waals surface area contributed by atoms with Crippen LogP contribution in [0.25, 0.3) is 10.9 Å². The molecule has 4 heteroatoms. The van der Waals surface area contributed by atoms with E-state index in [0.717, 1.165) is 10.9 Å². The minimum atomic E-state index is -0.768. The second kappa shape index (κ2) is 7.51. The molecule has 1 N–H and O–H groups in total. The SMILES string of the molecule is O=C(O)CC[n+]1cccc2ccccc21.[CH3-].[Y]. The maximum atomic E-state index is 10.5. The van der Waals surface area contributed by atoms with Crippen LogP contribution in [-0.4, -0.2) is 11.1 Å². The Bertz CT molecular complexity index is 494. The maximum Gasteiger partial charge on any atom is 0.309 e. The van der Waals surface area contributed by atoms with Crippen LogP contribution in [0, 0.1) is 7.43 Å². The Hall–Kier alpha value is -0.796. The van der Waals surface area contributed by atoms with Crippen LogP contribution in [0.3, 0.4) is 0 Å². The van der Waals surface area contributed by atoms with Crippen LogP contribution in [-0.2, 0) is 44.0 Å². The Morgan fingerprint density at radius 3 is 2.53 bits per heavy atom. The maximum absolute atomic E-state index is 10.5. The quantitative estimate of drug-likeness (QED) is 0.696. The predicted octanol–water partition coefficient (Wildman–Crippen LogP) is 2.05. The molecule has 0 spiro atoms. The van der Waals surface area contributed by atoms with E-state index in [2.05, 4.69) is 0 Å². The standard InChI is InChI=1S/C12H11NO2.CH3.Y/c14-12(15)7-9-13-8-3-5-10-4-1-2-6-11(10)13;;/h1-6,8H,7,9H2;1H3;/q;-1;/p+1. The number of fused-ring (bicyclic) bond motifs is 1. The molecular formula is C13H15NO2Y. The van der Waals surface area contributed by atoms with Crippen molar-refractivity contribution in [2.24, 2.45) is 0 Å². The minimum absolute atomic E-state index is 0. The van der Waals surface area contributed by atoms with Crippen molar-refractivity contribution in [2.75, 3.05) is 0 Å². The number of hydrogen-bond donors (Lipinski definition) is 1. The number of carboxylic acids is 1. The van der Waals surface area contributed by atoms with E-state index >= 15 is 0 Å². The summed E-state index contributed by atoms with van der Waals surface area (Å²) in [7, 11) is 0. The number of rotatable bonds is 3. The number of aryl methyl sites for hydroxylation is 1. The molecule has 0 amide bonds. The summed E-state index contributed by atoms with van der Waals surface area (Å²) in [6.07, 6.45) is 2.06. The number of benzene rings is 1. The van der Waals surface area contributed by atoms with E-state index in [1.807, 2.05) is 47.2 Å². The first-order valence-electron chi connectivity index (χ1n) is 4.86. The van der Waals surface area contributed by atoms with Crippen LogP contribution < -0.4 is 4.57 Å². The topological polar surface area (TPSA) is 41.2 Å². The first-order chi connectivity index (χ1) is 7.27. The average Bonchev–Trinajstić information content (AvgIpc) is 2.26. The molecule has 0 bridgehead atoms. The van der Waals surface area contributed by atoms with Crippen molar-refractivity contribution in [2.45, 2.75) is 13.0 Å². The molecule has 17 heavy (non-hydrogen) atoms. The van der Waals surface area contributed by atoms with Crippen LogP contribution >= 0.6 is 0 Å². The molecule has 2 aromatic rings. The van der Waals surface area contributed by atoms with Crippen LogP contribution in [0.4, 0.5) is 0 Å². The number of pyridine rings is 1. The van der Waals surface area contributed by atoms with E-state index < -0.39 is 5.97 Å². The van der Waals surface area contributed by atoms with Gasteiger partial charge in [0.15, 0.2) is 12.7 Å². The summed E-state index contributed by atoms with van der Waals surface area (Å²) in [5.74, 6) is -0.768. The second-order valence-electron chi connectivity index (χ2n) is 3.40. The fourth-order valence-corrected chi connectivity index (χ4v) is 1.63. The molecule has 1 radical (unpaired) electrons. The van der Waals surface area contributed by atoms with E-state index in [4.69, 9.17) is 5.11 Å². The summed E-state index contributed by atoms with van der Waals surface area (Å²) in [5.41, 5.74) is 1.07. The first kappa shape index (κ1) is 16.2. The summed E-state index contributed by atoms with van der Waals surface area (Å²) < 4.78 is 1.96. The van der Waals surface area contributed by atoms with E-state index in [1.54, 1.807) is 0 Å². The van der Waals surface area contributed by atoms with Gasteiger partial charge in [0, 0.05) is 50.2 Å². The van der Waals surface area contributed by atoms with Crippen LogP contribution in [0.5, 0.6) is 0 Å². The van der Waals surface area contributed by atoms with Gasteiger partial charge in [-0.3, -0.25) is 4.79 Å². The van der Waals surface area contributed by atoms with Crippen LogP contribution in [0.2, 0.25) is 0 Å². The summed E-state index contributed by atoms with van der Waals surface area (Å²) >= 11 is 0. The fourth-order valence-electron chi connectivity index (χ4n) is 1.63. The third-order valence-corrected chi connectivity index (χ3v) is 2.35. The van der Waals surface area contributed by atoms with Gasteiger partial charge in [-0.25, -0.2) is 0 Å². The number of aliphatic carboxylic acids is 1. The number of hydrogen-bond acceptors (Lipinski definition) is 1. The normalized spacial score (nSPS) is 9.18. The largest absolute Gasteiger partial charge is 0.481 e. The number of aromatic nitrogens is 1. The Kier molecular flexibility index (Phi) is 7.16. The molecule has 0 saturated carbocycles. The Labute approximate surface area is 126 Å². The molecule has 0 aliphatic rings. The molecule has 0 saturated heterocycles. The fraction of sp³-hybridized carbons (Fsp3) is 0.154. The summed E-state index contributed by atoms with van der Waals surface area (Å²) in [6, 6.07) is 11.9. The Morgan fingerprint density at radius 1 is 1.18 bits per heavy atom. The molecule has 87 valence electrons. The van der Waals surface area contributed by atoms with Crippen molar-refractivity contribution in [3.8, 4) is 0 Å². The zero-order valence-corrected chi connectivity index (χ0v) is 12.7. The minimum Gasteiger partial charge on any atom is -0.481 e. The molecule has 0 aliphatic heterocycles. The van der Waals surface area contributed by atoms with Crippen LogP contribution in [0.1, 0.15) is 6.42 Å². The zero-order chi connectivity index (χ0) is 10.7. The molecule has 1 aromatic carbocycles. The van der Waals surface area contributed by atoms with Crippen molar-refractivity contribution in [1.82, 2.24) is 0 Å². The number of nitrogens with zero attached hydrogens (tertiary/aromatic N) is 1. The molecular weight excluding hydrogens is 291 g/mol. The van der Waals surface area contributed by atoms with Gasteiger partial charge in [-0.15, -0.1) is 0 Å². The van der Waals surface area contributed by atoms with Gasteiger partial charge in [0.1, 0.15) is 6.42 Å². The van der Waals surface area contributed by atoms with E-state index in [-0.39, 0.29) is 46.6 Å². The third-order valence-electron chi connectivity index (χ3n) is 2.35. The molecule has 3 nitrogen and oxygen atoms in total. The Morgan fingerprint density at radius 2 is 1.82 bits per heavy atom. The molecule has 0 aliphatic carbocycles. The van der Waals surface area contributed by atoms with Crippen molar-refractivity contribution in [1.29, 1.82) is 0 Å². The van der Waals surface area contributed by atoms with Gasteiger partial charge in [-0.05, 0) is 12.1 Å². The average molecular weight is 306 g/mol. The van der Waals surface area contributed by atoms with Crippen molar-refractivity contribution in [3.05, 3.63) is 50.0 Å². The number of carbonyl (C=O) groups is 1. The Balaban J connectivity index is 0.00000128. The molecule has 1 heterocycles. The van der Waals surface area contributed by atoms with E-state index in [1.165, 1.54) is 0 Å². The van der Waals surface area contributed by atoms with Gasteiger partial charge in [-0.2, -0.15) is 4.57 Å². The number of para-hydroxylation sites is 1. The zero-order valence-electron chi connectivity index (χ0n) is 9.84. The third kappa shape index (κ3) is 4.17. The molecule has 0 unspecified atom stereocenters. The van der Waals surface area contributed by atoms with Gasteiger partial charge >= 0.3 is 5.97 Å². The van der Waals surface area contributed by atoms with Gasteiger partial charge in [-0.1, -0.05) is 12.1 Å². The predicted molar refractivity (Wildman–Crippen MR) is 62.8 cm³/mol. The van der Waals surface area contributed by atoms with Gasteiger partial charge in [0.05, 0.1) is 0 Å². The monoisotopic (exact) mass is 306 g/mol. The van der Waals surface area contributed by atoms with E-state index in [0.29, 0.717) is 6.54 Å². The molecule has 0 atom stereocenters. The van der Waals surface area contributed by atoms with Gasteiger partial charge < -0.3 is 12.5 Å². The smallest absolute Gasteiger partial charge is 0.309 e. The number of carboxylic acid groups (broad SMARTS) is 1. The van der Waals surface area contributed by atoms with Gasteiger partial charge in [0.25, 0.3) is 0 Å². The van der Waals surface area contributed by atoms with Crippen LogP contribution in [0.15, 0.2) is 42.6 Å². The van der Waals surface area contributed by atoms with Crippen molar-refractivity contribution in [3.63, 3.8) is 0 Å². The van der Waals surface area contributed by atoms with E-state index in [9.17, 15) is 4.79 Å². The first-order valence-corrected chi connectivity index (χ1v) is 4.86. The van der Waals surface area contributed by atoms with Gasteiger partial charge in [0.2, 0.25) is 5.52 Å². The summed E-state index contributed by atoms with van der Waals surface area (Å²) in [4.78, 5) is 10.5. The molecule has 1 aromatic heterocycles. The summed E-state index contributed by atoms with van der Waals surface area (Å²) in [6.45, 7) is 0.511.